The van der Waals surface area contributed by atoms with E-state index in [1.807, 2.05) is 0 Å². The molecule has 0 N–H and O–H groups in total. The number of nitrogens with zero attached hydrogens (tertiary/aromatic N) is 6. The number of halogens is 3. The molecule has 0 bridgehead atoms. The van der Waals surface area contributed by atoms with Crippen LogP contribution in [0.15, 0.2) is 24.5 Å². The molecule has 0 amide bonds. The molecule has 10 heteroatoms. The van der Waals surface area contributed by atoms with Gasteiger partial charge in [0.25, 0.3) is 0 Å². The Morgan fingerprint density at radius 3 is 1.20 bits per heavy atom. The fraction of sp³-hybridized carbons (Fsp3) is 0. The molecule has 6 nitrogen and oxygen atoms in total. The van der Waals surface area contributed by atoms with Gasteiger partial charge in [0.15, 0.2) is 0 Å². The Bertz CT molecular complexity index is 123. The van der Waals surface area contributed by atoms with Crippen LogP contribution in [0, 0.1) is 0 Å². The molecule has 0 rings (SSSR count). The van der Waals surface area contributed by atoms with E-state index in [1.165, 1.54) is 0 Å². The topological polar surface area (TPSA) is 74.2 Å². The summed E-state index contributed by atoms with van der Waals surface area (Å²) in [6.45, 7) is 0. The maximum absolute atomic E-state index is 3.61. The van der Waals surface area contributed by atoms with Gasteiger partial charge in [-0.05, 0) is 0 Å². The van der Waals surface area contributed by atoms with Crippen LogP contribution in [0.2, 0.25) is 0 Å². The van der Waals surface area contributed by atoms with Crippen LogP contribution in [0.1, 0.15) is 0 Å². The Balaban J connectivity index is 3.97. The molecule has 0 aromatic rings. The van der Waals surface area contributed by atoms with Gasteiger partial charge in [-0.1, -0.05) is 0 Å². The predicted octanol–water partition coefficient (Wildman–Crippen LogP) is 3.26. The first-order valence-electron chi connectivity index (χ1n) is 1.71. The van der Waals surface area contributed by atoms with Gasteiger partial charge in [0.1, 0.15) is 0 Å². The molecular weight excluding hydrogens is 399 g/mol. The summed E-state index contributed by atoms with van der Waals surface area (Å²) in [6.07, 6.45) is 0. The second-order valence-electron chi connectivity index (χ2n) is 0.763. The average molecular weight is 399 g/mol. The van der Waals surface area contributed by atoms with Gasteiger partial charge < -0.3 is 0 Å². The summed E-state index contributed by atoms with van der Waals surface area (Å²) in [5, 5.41) is 0. The zero-order valence-electron chi connectivity index (χ0n) is 4.26. The third-order valence-corrected chi connectivity index (χ3v) is 3.99. The van der Waals surface area contributed by atoms with E-state index in [1.54, 1.807) is 0 Å². The van der Waals surface area contributed by atoms with Gasteiger partial charge in [-0.25, -0.2) is 0 Å². The van der Waals surface area contributed by atoms with Crippen molar-refractivity contribution in [2.75, 3.05) is 0 Å². The van der Waals surface area contributed by atoms with E-state index >= 15 is 0 Å². The Hall–Kier alpha value is 0.798. The van der Waals surface area contributed by atoms with Crippen molar-refractivity contribution in [1.29, 1.82) is 0 Å². The Morgan fingerprint density at radius 2 is 1.00 bits per heavy atom. The molecule has 56 valence electrons. The fourth-order valence-electron chi connectivity index (χ4n) is 0.144. The van der Waals surface area contributed by atoms with Crippen LogP contribution in [0.5, 0.6) is 0 Å². The SMILES string of the molecule is BrN=N[As](N=NBr)N=NBr. The fourth-order valence-corrected chi connectivity index (χ4v) is 2.73. The molecule has 10 heavy (non-hydrogen) atoms. The maximum atomic E-state index is 3.61. The summed E-state index contributed by atoms with van der Waals surface area (Å²) in [6, 6.07) is 0. The molecule has 0 unspecified atom stereocenters. The van der Waals surface area contributed by atoms with Crippen LogP contribution in [-0.4, -0.2) is 15.3 Å². The van der Waals surface area contributed by atoms with Crippen LogP contribution >= 0.6 is 48.4 Å². The van der Waals surface area contributed by atoms with Crippen LogP contribution in [0.3, 0.4) is 0 Å². The molecule has 0 fully saturated rings. The zero-order chi connectivity index (χ0) is 7.82. The summed E-state index contributed by atoms with van der Waals surface area (Å²) >= 11 is 6.19. The molecule has 0 saturated carbocycles. The van der Waals surface area contributed by atoms with Gasteiger partial charge >= 0.3 is 88.3 Å². The first-order chi connectivity index (χ1) is 4.85. The zero-order valence-corrected chi connectivity index (χ0v) is 10.9. The molecule has 0 atom stereocenters. The standard InChI is InChI=1S/AsBr3N6/c2-8-5-1(6-9-3)7-10-4. The third-order valence-electron chi connectivity index (χ3n) is 0.341. The van der Waals surface area contributed by atoms with Crippen molar-refractivity contribution >= 4 is 63.8 Å². The number of hydrogen-bond donors (Lipinski definition) is 0. The van der Waals surface area contributed by atoms with Crippen LogP contribution in [0.25, 0.3) is 0 Å². The Kier molecular flexibility index (Phi) is 8.53. The molecular formula is AsBr3N6. The first kappa shape index (κ1) is 10.8. The molecule has 0 aliphatic heterocycles. The van der Waals surface area contributed by atoms with Crippen molar-refractivity contribution < 1.29 is 0 Å². The second-order valence-corrected chi connectivity index (χ2v) is 3.97. The molecule has 0 spiro atoms. The predicted molar refractivity (Wildman–Crippen MR) is 47.1 cm³/mol. The number of rotatable bonds is 3. The monoisotopic (exact) mass is 396 g/mol. The van der Waals surface area contributed by atoms with Crippen molar-refractivity contribution in [3.8, 4) is 0 Å². The molecule has 0 radical (unpaired) electrons. The minimum absolute atomic E-state index is 2.06. The molecule has 0 aromatic heterocycles. The molecule has 0 aliphatic carbocycles. The average Bonchev–Trinajstić information content (AvgIpc) is 1.90. The van der Waals surface area contributed by atoms with Gasteiger partial charge in [0, 0.05) is 0 Å². The quantitative estimate of drug-likeness (QED) is 0.517. The molecule has 0 aliphatic rings. The molecule has 0 aromatic carbocycles. The summed E-state index contributed by atoms with van der Waals surface area (Å²) in [4.78, 5) is 0. The van der Waals surface area contributed by atoms with Crippen LogP contribution in [0.4, 0.5) is 0 Å². The van der Waals surface area contributed by atoms with Gasteiger partial charge in [0.05, 0.1) is 0 Å². The second kappa shape index (κ2) is 7.90. The Labute approximate surface area is 87.6 Å². The van der Waals surface area contributed by atoms with E-state index in [4.69, 9.17) is 0 Å². The minimum atomic E-state index is -2.06. The van der Waals surface area contributed by atoms with Crippen molar-refractivity contribution in [3.05, 3.63) is 0 Å². The van der Waals surface area contributed by atoms with Gasteiger partial charge in [-0.15, -0.1) is 0 Å². The Morgan fingerprint density at radius 1 is 0.700 bits per heavy atom. The molecule has 0 heterocycles. The summed E-state index contributed by atoms with van der Waals surface area (Å²) in [5.41, 5.74) is 0. The van der Waals surface area contributed by atoms with E-state index in [0.29, 0.717) is 0 Å². The van der Waals surface area contributed by atoms with Gasteiger partial charge in [-0.2, -0.15) is 0 Å². The van der Waals surface area contributed by atoms with E-state index in [9.17, 15) is 0 Å². The normalized spacial score (nSPS) is 15.9. The summed E-state index contributed by atoms with van der Waals surface area (Å²) in [5.74, 6) is 0. The van der Waals surface area contributed by atoms with Gasteiger partial charge in [-0.3, -0.25) is 0 Å². The first-order valence-corrected chi connectivity index (χ1v) is 6.35. The molecule has 0 saturated heterocycles. The van der Waals surface area contributed by atoms with Gasteiger partial charge in [0.2, 0.25) is 0 Å². The summed E-state index contributed by atoms with van der Waals surface area (Å²) < 4.78 is 20.8. The third kappa shape index (κ3) is 5.57. The van der Waals surface area contributed by atoms with Crippen molar-refractivity contribution in [3.63, 3.8) is 0 Å². The summed E-state index contributed by atoms with van der Waals surface area (Å²) in [7, 11) is 0. The van der Waals surface area contributed by atoms with Crippen molar-refractivity contribution in [2.24, 2.45) is 24.5 Å². The van der Waals surface area contributed by atoms with E-state index < -0.39 is 15.3 Å². The van der Waals surface area contributed by atoms with Crippen LogP contribution < -0.4 is 0 Å². The number of hydrogen-bond acceptors (Lipinski definition) is 6. The van der Waals surface area contributed by atoms with Crippen molar-refractivity contribution in [2.45, 2.75) is 0 Å². The van der Waals surface area contributed by atoms with E-state index in [0.717, 1.165) is 0 Å². The van der Waals surface area contributed by atoms with Crippen molar-refractivity contribution in [1.82, 2.24) is 0 Å². The van der Waals surface area contributed by atoms with E-state index in [-0.39, 0.29) is 0 Å². The van der Waals surface area contributed by atoms with Crippen LogP contribution in [-0.2, 0) is 0 Å². The van der Waals surface area contributed by atoms with E-state index in [2.05, 4.69) is 73.0 Å².